The molecule has 10 heteroatoms. The lowest BCUT2D eigenvalue weighted by atomic mass is 10.2. The lowest BCUT2D eigenvalue weighted by Crippen LogP contribution is -2.41. The Balaban J connectivity index is 2.18. The lowest BCUT2D eigenvalue weighted by Gasteiger charge is -2.08. The Hall–Kier alpha value is -2.30. The Morgan fingerprint density at radius 1 is 1.09 bits per heavy atom. The predicted molar refractivity (Wildman–Crippen MR) is 85.0 cm³/mol. The van der Waals surface area contributed by atoms with Crippen LogP contribution in [-0.2, 0) is 10.0 Å². The van der Waals surface area contributed by atoms with E-state index in [2.05, 4.69) is 15.9 Å². The van der Waals surface area contributed by atoms with Gasteiger partial charge in [-0.25, -0.2) is 8.42 Å². The van der Waals surface area contributed by atoms with Crippen LogP contribution in [-0.4, -0.2) is 19.2 Å². The van der Waals surface area contributed by atoms with Gasteiger partial charge >= 0.3 is 0 Å². The molecule has 0 aliphatic heterocycles. The molecule has 0 saturated carbocycles. The molecular formula is C13H10BrN3O5S. The Morgan fingerprint density at radius 3 is 2.30 bits per heavy atom. The van der Waals surface area contributed by atoms with Gasteiger partial charge in [0.15, 0.2) is 4.90 Å². The molecule has 1 amide bonds. The van der Waals surface area contributed by atoms with Gasteiger partial charge in [-0.15, -0.1) is 4.83 Å². The van der Waals surface area contributed by atoms with E-state index in [0.717, 1.165) is 16.6 Å². The molecule has 0 fully saturated rings. The molecule has 23 heavy (non-hydrogen) atoms. The molecule has 2 rings (SSSR count). The van der Waals surface area contributed by atoms with Gasteiger partial charge in [0.1, 0.15) is 0 Å². The number of hydrogen-bond donors (Lipinski definition) is 2. The van der Waals surface area contributed by atoms with Gasteiger partial charge in [0, 0.05) is 16.1 Å². The molecule has 0 aliphatic carbocycles. The second-order valence-corrected chi connectivity index (χ2v) is 6.86. The minimum Gasteiger partial charge on any atom is -0.273 e. The smallest absolute Gasteiger partial charge is 0.273 e. The number of nitrogens with zero attached hydrogens (tertiary/aromatic N) is 1. The van der Waals surface area contributed by atoms with Crippen LogP contribution < -0.4 is 10.3 Å². The first-order valence-electron chi connectivity index (χ1n) is 6.12. The molecule has 2 aromatic rings. The fourth-order valence-electron chi connectivity index (χ4n) is 1.68. The minimum absolute atomic E-state index is 0.221. The highest BCUT2D eigenvalue weighted by atomic mass is 79.9. The molecule has 0 aliphatic rings. The van der Waals surface area contributed by atoms with Gasteiger partial charge in [-0.2, -0.15) is 0 Å². The zero-order chi connectivity index (χ0) is 17.0. The second-order valence-electron chi connectivity index (χ2n) is 4.29. The first-order valence-corrected chi connectivity index (χ1v) is 8.40. The van der Waals surface area contributed by atoms with Crippen molar-refractivity contribution in [1.29, 1.82) is 0 Å². The standard InChI is InChI=1S/C13H10BrN3O5S/c14-10-7-5-9(6-8-10)13(18)15-16-23(21,22)12-4-2-1-3-11(12)17(19)20/h1-8,16H,(H,15,18). The summed E-state index contributed by atoms with van der Waals surface area (Å²) in [4.78, 5) is 23.2. The van der Waals surface area contributed by atoms with Crippen molar-refractivity contribution in [2.24, 2.45) is 0 Å². The minimum atomic E-state index is -4.28. The number of carbonyl (C=O) groups is 1. The molecule has 0 atom stereocenters. The highest BCUT2D eigenvalue weighted by Gasteiger charge is 2.25. The Kier molecular flexibility index (Phi) is 5.08. The lowest BCUT2D eigenvalue weighted by molar-refractivity contribution is -0.387. The molecule has 0 radical (unpaired) electrons. The summed E-state index contributed by atoms with van der Waals surface area (Å²) in [6.07, 6.45) is 0. The van der Waals surface area contributed by atoms with Gasteiger partial charge in [-0.1, -0.05) is 28.1 Å². The van der Waals surface area contributed by atoms with Crippen LogP contribution in [0.25, 0.3) is 0 Å². The summed E-state index contributed by atoms with van der Waals surface area (Å²) in [5, 5.41) is 10.9. The van der Waals surface area contributed by atoms with Crippen LogP contribution in [0.2, 0.25) is 0 Å². The van der Waals surface area contributed by atoms with E-state index in [1.807, 2.05) is 10.3 Å². The van der Waals surface area contributed by atoms with Crippen molar-refractivity contribution in [3.8, 4) is 0 Å². The van der Waals surface area contributed by atoms with Crippen LogP contribution in [0.1, 0.15) is 10.4 Å². The van der Waals surface area contributed by atoms with E-state index in [-0.39, 0.29) is 5.56 Å². The quantitative estimate of drug-likeness (QED) is 0.588. The molecule has 120 valence electrons. The van der Waals surface area contributed by atoms with Gasteiger partial charge in [0.05, 0.1) is 4.92 Å². The molecule has 2 N–H and O–H groups in total. The molecule has 0 bridgehead atoms. The number of nitro benzene ring substituents is 1. The van der Waals surface area contributed by atoms with E-state index in [1.54, 1.807) is 12.1 Å². The highest BCUT2D eigenvalue weighted by molar-refractivity contribution is 9.10. The summed E-state index contributed by atoms with van der Waals surface area (Å²) >= 11 is 3.21. The van der Waals surface area contributed by atoms with Crippen LogP contribution in [0, 0.1) is 10.1 Å². The van der Waals surface area contributed by atoms with E-state index < -0.39 is 31.4 Å². The van der Waals surface area contributed by atoms with Crippen molar-refractivity contribution in [1.82, 2.24) is 10.3 Å². The first kappa shape index (κ1) is 17.1. The fourth-order valence-corrected chi connectivity index (χ4v) is 2.95. The summed E-state index contributed by atoms with van der Waals surface area (Å²) < 4.78 is 25.0. The highest BCUT2D eigenvalue weighted by Crippen LogP contribution is 2.22. The molecule has 0 aromatic heterocycles. The number of rotatable bonds is 5. The summed E-state index contributed by atoms with van der Waals surface area (Å²) in [6.45, 7) is 0. The maximum atomic E-state index is 12.1. The third-order valence-electron chi connectivity index (χ3n) is 2.76. The van der Waals surface area contributed by atoms with E-state index in [9.17, 15) is 23.3 Å². The third-order valence-corrected chi connectivity index (χ3v) is 4.58. The second kappa shape index (κ2) is 6.86. The van der Waals surface area contributed by atoms with Crippen molar-refractivity contribution < 1.29 is 18.1 Å². The van der Waals surface area contributed by atoms with Crippen molar-refractivity contribution >= 4 is 37.5 Å². The largest absolute Gasteiger partial charge is 0.289 e. The SMILES string of the molecule is O=C(NNS(=O)(=O)c1ccccc1[N+](=O)[O-])c1ccc(Br)cc1. The number of halogens is 1. The van der Waals surface area contributed by atoms with Gasteiger partial charge in [-0.3, -0.25) is 20.3 Å². The van der Waals surface area contributed by atoms with Crippen LogP contribution >= 0.6 is 15.9 Å². The van der Waals surface area contributed by atoms with Crippen molar-refractivity contribution in [3.05, 3.63) is 68.7 Å². The molecule has 0 spiro atoms. The Labute approximate surface area is 139 Å². The maximum Gasteiger partial charge on any atom is 0.289 e. The Bertz CT molecular complexity index is 852. The van der Waals surface area contributed by atoms with E-state index in [1.165, 1.54) is 24.3 Å². The van der Waals surface area contributed by atoms with Gasteiger partial charge in [-0.05, 0) is 30.3 Å². The summed E-state index contributed by atoms with van der Waals surface area (Å²) in [7, 11) is -4.28. The van der Waals surface area contributed by atoms with Crippen LogP contribution in [0.5, 0.6) is 0 Å². The number of carbonyl (C=O) groups excluding carboxylic acids is 1. The number of benzene rings is 2. The summed E-state index contributed by atoms with van der Waals surface area (Å²) in [5.41, 5.74) is 1.64. The van der Waals surface area contributed by atoms with Gasteiger partial charge in [0.25, 0.3) is 21.6 Å². The number of hydrogen-bond acceptors (Lipinski definition) is 5. The average Bonchev–Trinajstić information content (AvgIpc) is 2.53. The van der Waals surface area contributed by atoms with E-state index in [0.29, 0.717) is 0 Å². The molecule has 0 heterocycles. The zero-order valence-electron chi connectivity index (χ0n) is 11.4. The van der Waals surface area contributed by atoms with E-state index >= 15 is 0 Å². The summed E-state index contributed by atoms with van der Waals surface area (Å²) in [5.74, 6) is -0.695. The Morgan fingerprint density at radius 2 is 1.70 bits per heavy atom. The number of nitrogens with one attached hydrogen (secondary N) is 2. The third kappa shape index (κ3) is 4.12. The first-order chi connectivity index (χ1) is 10.8. The number of para-hydroxylation sites is 1. The van der Waals surface area contributed by atoms with Crippen molar-refractivity contribution in [3.63, 3.8) is 0 Å². The summed E-state index contributed by atoms with van der Waals surface area (Å²) in [6, 6.07) is 11.0. The topological polar surface area (TPSA) is 118 Å². The number of amides is 1. The molecule has 8 nitrogen and oxygen atoms in total. The fraction of sp³-hybridized carbons (Fsp3) is 0. The molecule has 2 aromatic carbocycles. The monoisotopic (exact) mass is 399 g/mol. The molecule has 0 unspecified atom stereocenters. The normalized spacial score (nSPS) is 11.0. The maximum absolute atomic E-state index is 12.1. The predicted octanol–water partition coefficient (Wildman–Crippen LogP) is 1.98. The van der Waals surface area contributed by atoms with Crippen molar-refractivity contribution in [2.75, 3.05) is 0 Å². The zero-order valence-corrected chi connectivity index (χ0v) is 13.8. The van der Waals surface area contributed by atoms with Crippen LogP contribution in [0.15, 0.2) is 57.9 Å². The number of nitro groups is 1. The van der Waals surface area contributed by atoms with Crippen molar-refractivity contribution in [2.45, 2.75) is 4.90 Å². The van der Waals surface area contributed by atoms with E-state index in [4.69, 9.17) is 0 Å². The van der Waals surface area contributed by atoms with Gasteiger partial charge < -0.3 is 0 Å². The number of hydrazine groups is 1. The van der Waals surface area contributed by atoms with Crippen LogP contribution in [0.3, 0.4) is 0 Å². The molecule has 0 saturated heterocycles. The average molecular weight is 400 g/mol. The molecular weight excluding hydrogens is 390 g/mol. The number of sulfonamides is 1. The van der Waals surface area contributed by atoms with Gasteiger partial charge in [0.2, 0.25) is 0 Å². The van der Waals surface area contributed by atoms with Crippen LogP contribution in [0.4, 0.5) is 5.69 Å².